The number of benzene rings is 1. The fourth-order valence-electron chi connectivity index (χ4n) is 3.03. The minimum atomic E-state index is -0.931. The summed E-state index contributed by atoms with van der Waals surface area (Å²) in [7, 11) is 0. The zero-order valence-corrected chi connectivity index (χ0v) is 14.9. The number of fused-ring (bicyclic) bond motifs is 1. The van der Waals surface area contributed by atoms with Gasteiger partial charge in [0, 0.05) is 37.1 Å². The molecule has 0 atom stereocenters. The number of hydrogen-bond acceptors (Lipinski definition) is 4. The van der Waals surface area contributed by atoms with E-state index in [4.69, 9.17) is 4.74 Å². The Balaban J connectivity index is 1.64. The second kappa shape index (κ2) is 6.06. The molecule has 0 radical (unpaired) electrons. The Morgan fingerprint density at radius 2 is 2.00 bits per heavy atom. The van der Waals surface area contributed by atoms with Gasteiger partial charge >= 0.3 is 12.1 Å². The van der Waals surface area contributed by atoms with Crippen LogP contribution < -0.4 is 0 Å². The second-order valence-electron chi connectivity index (χ2n) is 7.58. The molecule has 1 fully saturated rings. The summed E-state index contributed by atoms with van der Waals surface area (Å²) in [6.07, 6.45) is 1.60. The predicted octanol–water partition coefficient (Wildman–Crippen LogP) is 2.91. The summed E-state index contributed by atoms with van der Waals surface area (Å²) in [6.45, 7) is 9.33. The van der Waals surface area contributed by atoms with Crippen LogP contribution in [0.5, 0.6) is 0 Å². The molecule has 0 spiro atoms. The number of likely N-dealkylation sites (tertiary alicyclic amines) is 1. The molecule has 0 bridgehead atoms. The van der Waals surface area contributed by atoms with Gasteiger partial charge in [-0.15, -0.1) is 0 Å². The minimum absolute atomic E-state index is 0.281. The van der Waals surface area contributed by atoms with Gasteiger partial charge in [-0.1, -0.05) is 0 Å². The first kappa shape index (κ1) is 17.3. The summed E-state index contributed by atoms with van der Waals surface area (Å²) in [5, 5.41) is 14.6. The molecular weight excluding hydrogens is 322 g/mol. The fourth-order valence-corrected chi connectivity index (χ4v) is 3.03. The third-order valence-electron chi connectivity index (χ3n) is 4.29. The van der Waals surface area contributed by atoms with E-state index in [-0.39, 0.29) is 6.09 Å². The Hall–Kier alpha value is -2.57. The van der Waals surface area contributed by atoms with Crippen molar-refractivity contribution in [2.75, 3.05) is 13.1 Å². The molecule has 1 saturated heterocycles. The number of amides is 1. The third-order valence-corrected chi connectivity index (χ3v) is 4.29. The predicted molar refractivity (Wildman–Crippen MR) is 92.7 cm³/mol. The molecule has 1 aliphatic heterocycles. The lowest BCUT2D eigenvalue weighted by molar-refractivity contribution is -0.00382. The van der Waals surface area contributed by atoms with Crippen LogP contribution in [-0.4, -0.2) is 50.5 Å². The topological polar surface area (TPSA) is 84.7 Å². The van der Waals surface area contributed by atoms with Crippen molar-refractivity contribution in [1.29, 1.82) is 0 Å². The number of aryl methyl sites for hydroxylation is 1. The van der Waals surface area contributed by atoms with Crippen LogP contribution in [0, 0.1) is 12.8 Å². The first-order valence-electron chi connectivity index (χ1n) is 8.32. The number of nitrogens with zero attached hydrogens (tertiary/aromatic N) is 3. The van der Waals surface area contributed by atoms with Crippen molar-refractivity contribution >= 4 is 23.0 Å². The van der Waals surface area contributed by atoms with Crippen molar-refractivity contribution in [2.45, 2.75) is 39.8 Å². The summed E-state index contributed by atoms with van der Waals surface area (Å²) < 4.78 is 7.18. The average molecular weight is 345 g/mol. The largest absolute Gasteiger partial charge is 0.478 e. The number of carbonyl (C=O) groups is 2. The van der Waals surface area contributed by atoms with Crippen LogP contribution in [0.25, 0.3) is 10.9 Å². The first-order chi connectivity index (χ1) is 11.6. The SMILES string of the molecule is Cc1c(C(=O)O)ccc2nn(CC3CN(C(=O)OC(C)(C)C)C3)cc12. The molecule has 7 heteroatoms. The zero-order valence-electron chi connectivity index (χ0n) is 14.9. The molecule has 0 aliphatic carbocycles. The highest BCUT2D eigenvalue weighted by atomic mass is 16.6. The molecule has 0 saturated carbocycles. The minimum Gasteiger partial charge on any atom is -0.478 e. The summed E-state index contributed by atoms with van der Waals surface area (Å²) in [4.78, 5) is 24.9. The van der Waals surface area contributed by atoms with Gasteiger partial charge in [0.2, 0.25) is 0 Å². The summed E-state index contributed by atoms with van der Waals surface area (Å²) in [5.41, 5.74) is 1.32. The lowest BCUT2D eigenvalue weighted by Crippen LogP contribution is -2.52. The highest BCUT2D eigenvalue weighted by molar-refractivity contribution is 5.96. The second-order valence-corrected chi connectivity index (χ2v) is 7.58. The van der Waals surface area contributed by atoms with Crippen LogP contribution in [0.4, 0.5) is 4.79 Å². The van der Waals surface area contributed by atoms with Gasteiger partial charge in [0.25, 0.3) is 0 Å². The molecule has 25 heavy (non-hydrogen) atoms. The molecule has 1 aromatic heterocycles. The normalized spacial score (nSPS) is 15.3. The number of carboxylic acids is 1. The lowest BCUT2D eigenvalue weighted by atomic mass is 10.0. The average Bonchev–Trinajstić information content (AvgIpc) is 2.84. The standard InChI is InChI=1S/C18H23N3O4/c1-11-13(16(22)23)5-6-15-14(11)10-21(19-15)9-12-7-20(8-12)17(24)25-18(2,3)4/h5-6,10,12H,7-9H2,1-4H3,(H,22,23). The summed E-state index contributed by atoms with van der Waals surface area (Å²) >= 11 is 0. The molecule has 2 aromatic rings. The molecule has 1 N–H and O–H groups in total. The maximum Gasteiger partial charge on any atom is 0.410 e. The Morgan fingerprint density at radius 1 is 1.32 bits per heavy atom. The highest BCUT2D eigenvalue weighted by Gasteiger charge is 2.34. The molecule has 7 nitrogen and oxygen atoms in total. The highest BCUT2D eigenvalue weighted by Crippen LogP contribution is 2.24. The van der Waals surface area contributed by atoms with Crippen molar-refractivity contribution in [1.82, 2.24) is 14.7 Å². The number of hydrogen-bond donors (Lipinski definition) is 1. The zero-order chi connectivity index (χ0) is 18.4. The van der Waals surface area contributed by atoms with Crippen LogP contribution in [0.1, 0.15) is 36.7 Å². The molecule has 2 heterocycles. The number of aromatic nitrogens is 2. The number of carbonyl (C=O) groups excluding carboxylic acids is 1. The van der Waals surface area contributed by atoms with E-state index in [9.17, 15) is 14.7 Å². The first-order valence-corrected chi connectivity index (χ1v) is 8.32. The number of aromatic carboxylic acids is 1. The van der Waals surface area contributed by atoms with Gasteiger partial charge in [0.05, 0.1) is 11.1 Å². The molecule has 1 aliphatic rings. The molecule has 3 rings (SSSR count). The van der Waals surface area contributed by atoms with Crippen molar-refractivity contribution in [3.05, 3.63) is 29.5 Å². The van der Waals surface area contributed by atoms with E-state index in [1.807, 2.05) is 31.6 Å². The van der Waals surface area contributed by atoms with E-state index in [2.05, 4.69) is 5.10 Å². The third kappa shape index (κ3) is 3.60. The maximum absolute atomic E-state index is 12.0. The molecule has 1 aromatic carbocycles. The lowest BCUT2D eigenvalue weighted by Gasteiger charge is -2.39. The van der Waals surface area contributed by atoms with E-state index in [0.717, 1.165) is 16.5 Å². The van der Waals surface area contributed by atoms with Gasteiger partial charge < -0.3 is 14.7 Å². The van der Waals surface area contributed by atoms with Crippen LogP contribution in [0.2, 0.25) is 0 Å². The smallest absolute Gasteiger partial charge is 0.410 e. The van der Waals surface area contributed by atoms with Crippen LogP contribution in [0.3, 0.4) is 0 Å². The van der Waals surface area contributed by atoms with Gasteiger partial charge in [0.15, 0.2) is 0 Å². The maximum atomic E-state index is 12.0. The van der Waals surface area contributed by atoms with E-state index >= 15 is 0 Å². The fraction of sp³-hybridized carbons (Fsp3) is 0.500. The van der Waals surface area contributed by atoms with Crippen molar-refractivity contribution in [3.63, 3.8) is 0 Å². The number of rotatable bonds is 3. The molecular formula is C18H23N3O4. The Labute approximate surface area is 146 Å². The Morgan fingerprint density at radius 3 is 2.60 bits per heavy atom. The van der Waals surface area contributed by atoms with Gasteiger partial charge in [-0.25, -0.2) is 9.59 Å². The van der Waals surface area contributed by atoms with Gasteiger partial charge in [0.1, 0.15) is 5.60 Å². The number of carboxylic acid groups (broad SMARTS) is 1. The quantitative estimate of drug-likeness (QED) is 0.924. The summed E-state index contributed by atoms with van der Waals surface area (Å²) in [6, 6.07) is 3.32. The molecule has 1 amide bonds. The summed E-state index contributed by atoms with van der Waals surface area (Å²) in [5.74, 6) is -0.611. The number of ether oxygens (including phenoxy) is 1. The van der Waals surface area contributed by atoms with E-state index in [1.54, 1.807) is 24.0 Å². The molecule has 134 valence electrons. The van der Waals surface area contributed by atoms with Gasteiger partial charge in [-0.05, 0) is 45.4 Å². The van der Waals surface area contributed by atoms with E-state index in [1.165, 1.54) is 0 Å². The van der Waals surface area contributed by atoms with Crippen molar-refractivity contribution in [3.8, 4) is 0 Å². The monoisotopic (exact) mass is 345 g/mol. The van der Waals surface area contributed by atoms with Gasteiger partial charge in [-0.3, -0.25) is 4.68 Å². The van der Waals surface area contributed by atoms with Crippen LogP contribution in [-0.2, 0) is 11.3 Å². The van der Waals surface area contributed by atoms with Crippen molar-refractivity contribution in [2.24, 2.45) is 5.92 Å². The van der Waals surface area contributed by atoms with Crippen LogP contribution >= 0.6 is 0 Å². The van der Waals surface area contributed by atoms with Crippen LogP contribution in [0.15, 0.2) is 18.3 Å². The Bertz CT molecular complexity index is 829. The van der Waals surface area contributed by atoms with Gasteiger partial charge in [-0.2, -0.15) is 5.10 Å². The Kier molecular flexibility index (Phi) is 4.18. The molecule has 0 unspecified atom stereocenters. The van der Waals surface area contributed by atoms with Crippen molar-refractivity contribution < 1.29 is 19.4 Å². The van der Waals surface area contributed by atoms with E-state index in [0.29, 0.717) is 31.1 Å². The van der Waals surface area contributed by atoms with E-state index < -0.39 is 11.6 Å².